The van der Waals surface area contributed by atoms with E-state index in [0.717, 1.165) is 12.8 Å². The van der Waals surface area contributed by atoms with Crippen molar-refractivity contribution >= 4 is 5.91 Å². The summed E-state index contributed by atoms with van der Waals surface area (Å²) in [7, 11) is 0. The van der Waals surface area contributed by atoms with Crippen molar-refractivity contribution in [3.8, 4) is 0 Å². The Kier molecular flexibility index (Phi) is 1.94. The fourth-order valence-electron chi connectivity index (χ4n) is 1.07. The Bertz CT molecular complexity index is 143. The van der Waals surface area contributed by atoms with Crippen LogP contribution in [0.3, 0.4) is 0 Å². The van der Waals surface area contributed by atoms with E-state index in [1.54, 1.807) is 0 Å². The molecule has 0 aromatic heterocycles. The summed E-state index contributed by atoms with van der Waals surface area (Å²) in [4.78, 5) is 10.8. The van der Waals surface area contributed by atoms with Crippen LogP contribution in [0.4, 0.5) is 0 Å². The first kappa shape index (κ1) is 7.54. The predicted octanol–water partition coefficient (Wildman–Crippen LogP) is 0.534. The molecule has 0 atom stereocenters. The van der Waals surface area contributed by atoms with Crippen molar-refractivity contribution in [3.05, 3.63) is 0 Å². The number of ether oxygens (including phenoxy) is 1. The van der Waals surface area contributed by atoms with Crippen molar-refractivity contribution in [2.24, 2.45) is 11.1 Å². The highest BCUT2D eigenvalue weighted by Crippen LogP contribution is 2.28. The third-order valence-electron chi connectivity index (χ3n) is 2.19. The van der Waals surface area contributed by atoms with E-state index >= 15 is 0 Å². The second-order valence-electron chi connectivity index (χ2n) is 3.04. The molecule has 1 aliphatic heterocycles. The summed E-state index contributed by atoms with van der Waals surface area (Å²) in [5.41, 5.74) is 4.90. The maximum atomic E-state index is 10.8. The van der Waals surface area contributed by atoms with Gasteiger partial charge in [0.1, 0.15) is 0 Å². The zero-order chi connectivity index (χ0) is 7.61. The van der Waals surface area contributed by atoms with Gasteiger partial charge in [0, 0.05) is 14.6 Å². The van der Waals surface area contributed by atoms with E-state index in [1.165, 1.54) is 0 Å². The van der Waals surface area contributed by atoms with Crippen molar-refractivity contribution in [2.45, 2.75) is 19.8 Å². The molecule has 1 saturated heterocycles. The van der Waals surface area contributed by atoms with E-state index < -0.39 is 0 Å². The smallest absolute Gasteiger partial charge is 0.223 e. The van der Waals surface area contributed by atoms with Gasteiger partial charge in [-0.25, -0.2) is 0 Å². The quantitative estimate of drug-likeness (QED) is 0.585. The Morgan fingerprint density at radius 3 is 2.40 bits per heavy atom. The minimum atomic E-state index is -0.307. The average molecular weight is 145 g/mol. The summed E-state index contributed by atoms with van der Waals surface area (Å²) < 4.78 is 5.11. The van der Waals surface area contributed by atoms with Gasteiger partial charge in [-0.1, -0.05) is 6.92 Å². The molecule has 1 heterocycles. The molecule has 2 N–H and O–H groups in total. The van der Waals surface area contributed by atoms with Crippen LogP contribution in [-0.2, 0) is 9.53 Å². The molecule has 60 valence electrons. The number of carbonyl (C=O) groups is 1. The number of rotatable bonds is 1. The molecule has 0 aliphatic carbocycles. The van der Waals surface area contributed by atoms with E-state index in [0.29, 0.717) is 13.2 Å². The van der Waals surface area contributed by atoms with Gasteiger partial charge in [-0.2, -0.15) is 0 Å². The molecule has 10 heavy (non-hydrogen) atoms. The summed E-state index contributed by atoms with van der Waals surface area (Å²) in [5, 5.41) is 0. The Hall–Kier alpha value is -0.570. The zero-order valence-corrected chi connectivity index (χ0v) is 6.22. The molecule has 0 radical (unpaired) electrons. The minimum Gasteiger partial charge on any atom is -0.381 e. The van der Waals surface area contributed by atoms with Crippen LogP contribution >= 0.6 is 0 Å². The van der Waals surface area contributed by atoms with Gasteiger partial charge in [-0.15, -0.1) is 0 Å². The zero-order valence-electron chi connectivity index (χ0n) is 6.22. The summed E-state index contributed by atoms with van der Waals surface area (Å²) in [6, 6.07) is 0. The minimum absolute atomic E-state index is 0. The van der Waals surface area contributed by atoms with Gasteiger partial charge in [0.15, 0.2) is 0 Å². The molecule has 3 nitrogen and oxygen atoms in total. The number of amides is 1. The van der Waals surface area contributed by atoms with Crippen molar-refractivity contribution < 1.29 is 11.0 Å². The van der Waals surface area contributed by atoms with Crippen LogP contribution in [0.1, 0.15) is 21.2 Å². The summed E-state index contributed by atoms with van der Waals surface area (Å²) in [6.45, 7) is 3.23. The van der Waals surface area contributed by atoms with Gasteiger partial charge in [0.05, 0.1) is 5.41 Å². The summed E-state index contributed by atoms with van der Waals surface area (Å²) in [5.74, 6) is -0.198. The average Bonchev–Trinajstić information content (AvgIpc) is 1.89. The van der Waals surface area contributed by atoms with E-state index in [2.05, 4.69) is 0 Å². The van der Waals surface area contributed by atoms with Crippen molar-refractivity contribution in [3.63, 3.8) is 0 Å². The molecular formula is C7H15NO2. The molecule has 0 saturated carbocycles. The number of primary amides is 1. The van der Waals surface area contributed by atoms with Crippen LogP contribution < -0.4 is 5.73 Å². The first-order valence-corrected chi connectivity index (χ1v) is 3.53. The van der Waals surface area contributed by atoms with E-state index in [1.807, 2.05) is 6.92 Å². The van der Waals surface area contributed by atoms with Crippen LogP contribution in [0, 0.1) is 5.41 Å². The third-order valence-corrected chi connectivity index (χ3v) is 2.19. The lowest BCUT2D eigenvalue weighted by Gasteiger charge is -2.29. The second-order valence-corrected chi connectivity index (χ2v) is 3.04. The Morgan fingerprint density at radius 1 is 1.60 bits per heavy atom. The highest BCUT2D eigenvalue weighted by atomic mass is 16.5. The molecule has 0 bridgehead atoms. The van der Waals surface area contributed by atoms with Gasteiger partial charge in [-0.3, -0.25) is 4.79 Å². The van der Waals surface area contributed by atoms with Crippen LogP contribution in [0.2, 0.25) is 0 Å². The fraction of sp³-hybridized carbons (Fsp3) is 0.857. The summed E-state index contributed by atoms with van der Waals surface area (Å²) in [6.07, 6.45) is 1.53. The normalized spacial score (nSPS) is 24.1. The SMILES string of the molecule is CC1(C(N)=O)CCOCC1.[HH]. The molecular weight excluding hydrogens is 130 g/mol. The van der Waals surface area contributed by atoms with Gasteiger partial charge in [0.25, 0.3) is 0 Å². The molecule has 1 aliphatic rings. The molecule has 1 amide bonds. The van der Waals surface area contributed by atoms with Gasteiger partial charge in [0.2, 0.25) is 5.91 Å². The van der Waals surface area contributed by atoms with Crippen molar-refractivity contribution in [2.75, 3.05) is 13.2 Å². The first-order valence-electron chi connectivity index (χ1n) is 3.53. The number of hydrogen-bond donors (Lipinski definition) is 1. The summed E-state index contributed by atoms with van der Waals surface area (Å²) >= 11 is 0. The predicted molar refractivity (Wildman–Crippen MR) is 39.5 cm³/mol. The van der Waals surface area contributed by atoms with Crippen LogP contribution in [0.5, 0.6) is 0 Å². The largest absolute Gasteiger partial charge is 0.381 e. The standard InChI is InChI=1S/C7H13NO2.H2/c1-7(6(8)9)2-4-10-5-3-7;/h2-5H2,1H3,(H2,8,9);1H. The second kappa shape index (κ2) is 2.58. The van der Waals surface area contributed by atoms with Crippen molar-refractivity contribution in [1.82, 2.24) is 0 Å². The molecule has 1 rings (SSSR count). The van der Waals surface area contributed by atoms with Crippen molar-refractivity contribution in [1.29, 1.82) is 0 Å². The molecule has 0 aromatic rings. The van der Waals surface area contributed by atoms with Crippen LogP contribution in [0.15, 0.2) is 0 Å². The third kappa shape index (κ3) is 1.29. The lowest BCUT2D eigenvalue weighted by atomic mass is 9.82. The van der Waals surface area contributed by atoms with Crippen LogP contribution in [0.25, 0.3) is 0 Å². The number of nitrogens with two attached hydrogens (primary N) is 1. The Balaban J connectivity index is 0.000001000. The Morgan fingerprint density at radius 2 is 2.10 bits per heavy atom. The molecule has 1 fully saturated rings. The number of carbonyl (C=O) groups excluding carboxylic acids is 1. The maximum absolute atomic E-state index is 10.8. The van der Waals surface area contributed by atoms with Gasteiger partial charge >= 0.3 is 0 Å². The first-order chi connectivity index (χ1) is 4.65. The monoisotopic (exact) mass is 145 g/mol. The molecule has 0 spiro atoms. The van der Waals surface area contributed by atoms with E-state index in [4.69, 9.17) is 10.5 Å². The van der Waals surface area contributed by atoms with E-state index in [-0.39, 0.29) is 12.7 Å². The van der Waals surface area contributed by atoms with Gasteiger partial charge in [-0.05, 0) is 12.8 Å². The maximum Gasteiger partial charge on any atom is 0.223 e. The topological polar surface area (TPSA) is 52.3 Å². The van der Waals surface area contributed by atoms with E-state index in [9.17, 15) is 4.79 Å². The lowest BCUT2D eigenvalue weighted by Crippen LogP contribution is -2.39. The lowest BCUT2D eigenvalue weighted by molar-refractivity contribution is -0.131. The fourth-order valence-corrected chi connectivity index (χ4v) is 1.07. The highest BCUT2D eigenvalue weighted by Gasteiger charge is 2.32. The highest BCUT2D eigenvalue weighted by molar-refractivity contribution is 5.80. The molecule has 0 unspecified atom stereocenters. The molecule has 0 aromatic carbocycles. The Labute approximate surface area is 62.0 Å². The van der Waals surface area contributed by atoms with Gasteiger partial charge < -0.3 is 10.5 Å². The molecule has 3 heteroatoms. The number of hydrogen-bond acceptors (Lipinski definition) is 2. The van der Waals surface area contributed by atoms with Crippen LogP contribution in [-0.4, -0.2) is 19.1 Å².